The number of halogens is 1. The Morgan fingerprint density at radius 1 is 1.35 bits per heavy atom. The molecule has 0 spiro atoms. The van der Waals surface area contributed by atoms with Gasteiger partial charge in [-0.05, 0) is 30.7 Å². The van der Waals surface area contributed by atoms with Gasteiger partial charge in [0.2, 0.25) is 0 Å². The molecule has 0 radical (unpaired) electrons. The Balaban J connectivity index is 2.17. The molecule has 0 aliphatic heterocycles. The maximum absolute atomic E-state index is 12.3. The van der Waals surface area contributed by atoms with E-state index < -0.39 is 0 Å². The maximum Gasteiger partial charge on any atom is 0.169 e. The summed E-state index contributed by atoms with van der Waals surface area (Å²) in [7, 11) is 0. The first kappa shape index (κ1) is 15.2. The van der Waals surface area contributed by atoms with E-state index >= 15 is 0 Å². The lowest BCUT2D eigenvalue weighted by Gasteiger charge is -2.14. The number of Topliss-reactive ketones (excluding diaryl/α,β-unsaturated/α-hetero) is 1. The van der Waals surface area contributed by atoms with Crippen LogP contribution < -0.4 is 0 Å². The quantitative estimate of drug-likeness (QED) is 0.760. The molecule has 0 fully saturated rings. The van der Waals surface area contributed by atoms with Crippen molar-refractivity contribution in [2.45, 2.75) is 39.5 Å². The molecule has 0 saturated heterocycles. The van der Waals surface area contributed by atoms with E-state index in [1.165, 1.54) is 0 Å². The van der Waals surface area contributed by atoms with E-state index in [2.05, 4.69) is 25.8 Å². The van der Waals surface area contributed by atoms with Crippen LogP contribution in [0.25, 0.3) is 0 Å². The minimum Gasteiger partial charge on any atom is -0.294 e. The summed E-state index contributed by atoms with van der Waals surface area (Å²) in [6.45, 7) is 8.27. The van der Waals surface area contributed by atoms with Gasteiger partial charge in [0.05, 0.1) is 12.1 Å². The van der Waals surface area contributed by atoms with Gasteiger partial charge in [-0.3, -0.25) is 4.79 Å². The number of carbonyl (C=O) groups excluding carboxylic acids is 1. The smallest absolute Gasteiger partial charge is 0.169 e. The highest BCUT2D eigenvalue weighted by atomic mass is 35.5. The molecule has 0 aliphatic rings. The first-order valence-electron chi connectivity index (χ1n) is 6.51. The molecular formula is C16H18ClNOS. The van der Waals surface area contributed by atoms with Crippen LogP contribution in [0.5, 0.6) is 0 Å². The maximum atomic E-state index is 12.3. The second kappa shape index (κ2) is 5.66. The fourth-order valence-electron chi connectivity index (χ4n) is 1.91. The molecule has 1 aromatic heterocycles. The zero-order valence-electron chi connectivity index (χ0n) is 12.2. The largest absolute Gasteiger partial charge is 0.294 e. The van der Waals surface area contributed by atoms with E-state index in [4.69, 9.17) is 11.6 Å². The fraction of sp³-hybridized carbons (Fsp3) is 0.375. The second-order valence-corrected chi connectivity index (χ2v) is 7.31. The Labute approximate surface area is 128 Å². The zero-order valence-corrected chi connectivity index (χ0v) is 13.7. The number of ketones is 1. The van der Waals surface area contributed by atoms with Crippen LogP contribution in [0.15, 0.2) is 23.6 Å². The van der Waals surface area contributed by atoms with E-state index in [1.54, 1.807) is 23.5 Å². The molecule has 106 valence electrons. The van der Waals surface area contributed by atoms with E-state index in [0.29, 0.717) is 11.4 Å². The number of hydrogen-bond acceptors (Lipinski definition) is 3. The average Bonchev–Trinajstić information content (AvgIpc) is 2.76. The SMILES string of the molecule is Cc1cc(Cl)ccc1C(=O)Cc1nc(C(C)(C)C)cs1. The fourth-order valence-corrected chi connectivity index (χ4v) is 3.16. The molecule has 2 aromatic rings. The van der Waals surface area contributed by atoms with Gasteiger partial charge in [-0.15, -0.1) is 11.3 Å². The number of rotatable bonds is 3. The topological polar surface area (TPSA) is 30.0 Å². The van der Waals surface area contributed by atoms with Gasteiger partial charge in [-0.25, -0.2) is 4.98 Å². The van der Waals surface area contributed by atoms with Gasteiger partial charge in [0.15, 0.2) is 5.78 Å². The predicted molar refractivity (Wildman–Crippen MR) is 85.0 cm³/mol. The zero-order chi connectivity index (χ0) is 14.9. The van der Waals surface area contributed by atoms with Crippen LogP contribution in [-0.4, -0.2) is 10.8 Å². The van der Waals surface area contributed by atoms with Crippen molar-refractivity contribution in [3.8, 4) is 0 Å². The van der Waals surface area contributed by atoms with Gasteiger partial charge in [0.25, 0.3) is 0 Å². The highest BCUT2D eigenvalue weighted by Crippen LogP contribution is 2.25. The summed E-state index contributed by atoms with van der Waals surface area (Å²) >= 11 is 7.46. The first-order valence-corrected chi connectivity index (χ1v) is 7.77. The van der Waals surface area contributed by atoms with Crippen molar-refractivity contribution in [1.82, 2.24) is 4.98 Å². The van der Waals surface area contributed by atoms with E-state index in [0.717, 1.165) is 21.8 Å². The van der Waals surface area contributed by atoms with Gasteiger partial charge in [0, 0.05) is 21.4 Å². The summed E-state index contributed by atoms with van der Waals surface area (Å²) in [6.07, 6.45) is 0.350. The number of hydrogen-bond donors (Lipinski definition) is 0. The van der Waals surface area contributed by atoms with E-state index in [9.17, 15) is 4.79 Å². The molecule has 0 bridgehead atoms. The molecule has 0 unspecified atom stereocenters. The second-order valence-electron chi connectivity index (χ2n) is 5.94. The normalized spacial score (nSPS) is 11.7. The molecule has 0 N–H and O–H groups in total. The molecule has 0 aliphatic carbocycles. The van der Waals surface area contributed by atoms with Crippen molar-refractivity contribution in [1.29, 1.82) is 0 Å². The molecule has 20 heavy (non-hydrogen) atoms. The summed E-state index contributed by atoms with van der Waals surface area (Å²) in [5.74, 6) is 0.0916. The minimum atomic E-state index is 0.0218. The summed E-state index contributed by atoms with van der Waals surface area (Å²) in [4.78, 5) is 16.9. The lowest BCUT2D eigenvalue weighted by molar-refractivity contribution is 0.0992. The molecule has 0 atom stereocenters. The minimum absolute atomic E-state index is 0.0218. The van der Waals surface area contributed by atoms with Crippen LogP contribution in [-0.2, 0) is 11.8 Å². The Hall–Kier alpha value is -1.19. The van der Waals surface area contributed by atoms with Crippen LogP contribution in [0.3, 0.4) is 0 Å². The van der Waals surface area contributed by atoms with Crippen molar-refractivity contribution >= 4 is 28.7 Å². The van der Waals surface area contributed by atoms with Crippen LogP contribution in [0.1, 0.15) is 47.4 Å². The van der Waals surface area contributed by atoms with E-state index in [-0.39, 0.29) is 11.2 Å². The van der Waals surface area contributed by atoms with E-state index in [1.807, 2.05) is 18.4 Å². The van der Waals surface area contributed by atoms with Crippen molar-refractivity contribution in [2.75, 3.05) is 0 Å². The van der Waals surface area contributed by atoms with Gasteiger partial charge < -0.3 is 0 Å². The van der Waals surface area contributed by atoms with Crippen LogP contribution in [0.2, 0.25) is 5.02 Å². The number of aryl methyl sites for hydroxylation is 1. The molecule has 1 aromatic carbocycles. The lowest BCUT2D eigenvalue weighted by atomic mass is 9.93. The standard InChI is InChI=1S/C16H18ClNOS/c1-10-7-11(17)5-6-12(10)13(19)8-15-18-14(9-20-15)16(2,3)4/h5-7,9H,8H2,1-4H3. The number of nitrogens with zero attached hydrogens (tertiary/aromatic N) is 1. The Kier molecular flexibility index (Phi) is 4.31. The number of carbonyl (C=O) groups is 1. The molecule has 4 heteroatoms. The van der Waals surface area contributed by atoms with Gasteiger partial charge in [0.1, 0.15) is 5.01 Å². The molecule has 2 rings (SSSR count). The molecule has 0 saturated carbocycles. The lowest BCUT2D eigenvalue weighted by Crippen LogP contribution is -2.12. The summed E-state index contributed by atoms with van der Waals surface area (Å²) in [6, 6.07) is 5.36. The van der Waals surface area contributed by atoms with Crippen molar-refractivity contribution in [3.63, 3.8) is 0 Å². The highest BCUT2D eigenvalue weighted by Gasteiger charge is 2.19. The van der Waals surface area contributed by atoms with Crippen LogP contribution in [0.4, 0.5) is 0 Å². The third kappa shape index (κ3) is 3.47. The Morgan fingerprint density at radius 3 is 2.60 bits per heavy atom. The Bertz CT molecular complexity index is 640. The summed E-state index contributed by atoms with van der Waals surface area (Å²) in [5.41, 5.74) is 2.70. The Morgan fingerprint density at radius 2 is 2.05 bits per heavy atom. The predicted octanol–water partition coefficient (Wildman–Crippen LogP) is 4.83. The first-order chi connectivity index (χ1) is 9.27. The highest BCUT2D eigenvalue weighted by molar-refractivity contribution is 7.09. The molecule has 2 nitrogen and oxygen atoms in total. The third-order valence-corrected chi connectivity index (χ3v) is 4.20. The number of aromatic nitrogens is 1. The van der Waals surface area contributed by atoms with Gasteiger partial charge in [-0.2, -0.15) is 0 Å². The third-order valence-electron chi connectivity index (χ3n) is 3.12. The molecule has 0 amide bonds. The summed E-state index contributed by atoms with van der Waals surface area (Å²) < 4.78 is 0. The number of benzene rings is 1. The van der Waals surface area contributed by atoms with Crippen LogP contribution >= 0.6 is 22.9 Å². The average molecular weight is 308 g/mol. The van der Waals surface area contributed by atoms with Crippen molar-refractivity contribution in [2.24, 2.45) is 0 Å². The molecule has 1 heterocycles. The van der Waals surface area contributed by atoms with Crippen LogP contribution in [0, 0.1) is 6.92 Å². The monoisotopic (exact) mass is 307 g/mol. The number of thiazole rings is 1. The van der Waals surface area contributed by atoms with Crippen molar-refractivity contribution in [3.05, 3.63) is 50.4 Å². The molecular weight excluding hydrogens is 290 g/mol. The van der Waals surface area contributed by atoms with Crippen molar-refractivity contribution < 1.29 is 4.79 Å². The summed E-state index contributed by atoms with van der Waals surface area (Å²) in [5, 5.41) is 3.56. The van der Waals surface area contributed by atoms with Gasteiger partial charge in [-0.1, -0.05) is 32.4 Å². The van der Waals surface area contributed by atoms with Gasteiger partial charge >= 0.3 is 0 Å².